The summed E-state index contributed by atoms with van der Waals surface area (Å²) in [6, 6.07) is 17.3. The lowest BCUT2D eigenvalue weighted by molar-refractivity contribution is -0.131. The van der Waals surface area contributed by atoms with Crippen LogP contribution < -0.4 is 15.5 Å². The van der Waals surface area contributed by atoms with Gasteiger partial charge >= 0.3 is 0 Å². The van der Waals surface area contributed by atoms with Gasteiger partial charge in [-0.25, -0.2) is 5.48 Å². The Balaban J connectivity index is 1.46. The second-order valence-electron chi connectivity index (χ2n) is 10.2. The number of rotatable bonds is 10. The van der Waals surface area contributed by atoms with Gasteiger partial charge in [-0.2, -0.15) is 0 Å². The first kappa shape index (κ1) is 27.5. The van der Waals surface area contributed by atoms with Crippen LogP contribution in [0.4, 0.5) is 0 Å². The van der Waals surface area contributed by atoms with Gasteiger partial charge in [0.1, 0.15) is 12.4 Å². The second kappa shape index (κ2) is 12.4. The van der Waals surface area contributed by atoms with E-state index < -0.39 is 5.66 Å². The molecule has 4 rings (SSSR count). The van der Waals surface area contributed by atoms with E-state index in [1.807, 2.05) is 49.4 Å². The molecule has 202 valence electrons. The summed E-state index contributed by atoms with van der Waals surface area (Å²) in [7, 11) is 0. The number of hydrogen-bond acceptors (Lipinski definition) is 6. The number of aromatic nitrogens is 1. The Hall–Kier alpha value is -3.49. The summed E-state index contributed by atoms with van der Waals surface area (Å²) in [6.07, 6.45) is 3.43. The first-order chi connectivity index (χ1) is 18.4. The van der Waals surface area contributed by atoms with E-state index in [1.54, 1.807) is 17.6 Å². The van der Waals surface area contributed by atoms with Crippen LogP contribution in [0.1, 0.15) is 67.6 Å². The van der Waals surface area contributed by atoms with Crippen LogP contribution >= 0.6 is 0 Å². The minimum absolute atomic E-state index is 0.0838. The van der Waals surface area contributed by atoms with Gasteiger partial charge in [-0.05, 0) is 75.0 Å². The monoisotopic (exact) mass is 518 g/mol. The summed E-state index contributed by atoms with van der Waals surface area (Å²) < 4.78 is 6.07. The highest BCUT2D eigenvalue weighted by Crippen LogP contribution is 2.35. The van der Waals surface area contributed by atoms with Crippen molar-refractivity contribution >= 4 is 22.7 Å². The minimum Gasteiger partial charge on any atom is -0.489 e. The SMILES string of the molecule is CCC[C@@]1(NC(=O)c2ccc(OCc3cc(C)nc4ccccc34)cc2)C[C@H](CC(=O)NO)CCN1CC. The van der Waals surface area contributed by atoms with Crippen LogP contribution in [-0.4, -0.2) is 45.7 Å². The van der Waals surface area contributed by atoms with E-state index in [0.717, 1.165) is 54.5 Å². The predicted octanol–water partition coefficient (Wildman–Crippen LogP) is 4.98. The molecule has 1 aliphatic rings. The molecule has 0 unspecified atom stereocenters. The van der Waals surface area contributed by atoms with Crippen LogP contribution in [0.5, 0.6) is 5.75 Å². The van der Waals surface area contributed by atoms with Gasteiger partial charge in [-0.15, -0.1) is 0 Å². The molecule has 3 aromatic rings. The Bertz CT molecular complexity index is 1260. The highest BCUT2D eigenvalue weighted by Gasteiger charge is 2.42. The molecule has 0 aliphatic carbocycles. The van der Waals surface area contributed by atoms with Gasteiger partial charge in [0.15, 0.2) is 0 Å². The third kappa shape index (κ3) is 6.31. The number of piperidine rings is 1. The zero-order valence-corrected chi connectivity index (χ0v) is 22.5. The van der Waals surface area contributed by atoms with Gasteiger partial charge in [0.25, 0.3) is 5.91 Å². The lowest BCUT2D eigenvalue weighted by atomic mass is 9.81. The number of carbonyl (C=O) groups is 2. The number of benzene rings is 2. The van der Waals surface area contributed by atoms with Gasteiger partial charge in [-0.3, -0.25) is 24.7 Å². The third-order valence-electron chi connectivity index (χ3n) is 7.47. The largest absolute Gasteiger partial charge is 0.489 e. The van der Waals surface area contributed by atoms with Gasteiger partial charge in [0, 0.05) is 35.2 Å². The average Bonchev–Trinajstić information content (AvgIpc) is 2.92. The van der Waals surface area contributed by atoms with Crippen LogP contribution in [0.25, 0.3) is 10.9 Å². The molecule has 8 nitrogen and oxygen atoms in total. The minimum atomic E-state index is -0.533. The van der Waals surface area contributed by atoms with Crippen LogP contribution in [0.3, 0.4) is 0 Å². The lowest BCUT2D eigenvalue weighted by Gasteiger charge is -2.50. The van der Waals surface area contributed by atoms with E-state index in [9.17, 15) is 9.59 Å². The molecule has 0 saturated carbocycles. The molecule has 3 N–H and O–H groups in total. The van der Waals surface area contributed by atoms with Crippen molar-refractivity contribution in [3.8, 4) is 5.75 Å². The molecule has 2 heterocycles. The topological polar surface area (TPSA) is 104 Å². The number of fused-ring (bicyclic) bond motifs is 1. The number of nitrogens with one attached hydrogen (secondary N) is 2. The van der Waals surface area contributed by atoms with Crippen molar-refractivity contribution in [2.24, 2.45) is 5.92 Å². The molecule has 1 aromatic heterocycles. The maximum atomic E-state index is 13.4. The van der Waals surface area contributed by atoms with E-state index in [2.05, 4.69) is 29.0 Å². The summed E-state index contributed by atoms with van der Waals surface area (Å²) in [4.78, 5) is 32.1. The number of amides is 2. The van der Waals surface area contributed by atoms with Crippen LogP contribution in [0.15, 0.2) is 54.6 Å². The van der Waals surface area contributed by atoms with Crippen molar-refractivity contribution < 1.29 is 19.5 Å². The van der Waals surface area contributed by atoms with Gasteiger partial charge in [-0.1, -0.05) is 38.5 Å². The smallest absolute Gasteiger partial charge is 0.252 e. The zero-order valence-electron chi connectivity index (χ0n) is 22.5. The number of hydroxylamine groups is 1. The summed E-state index contributed by atoms with van der Waals surface area (Å²) in [5.41, 5.74) is 4.73. The maximum Gasteiger partial charge on any atom is 0.252 e. The summed E-state index contributed by atoms with van der Waals surface area (Å²) in [5, 5.41) is 13.4. The fraction of sp³-hybridized carbons (Fsp3) is 0.433. The Kier molecular flexibility index (Phi) is 8.97. The van der Waals surface area contributed by atoms with Crippen LogP contribution in [0.2, 0.25) is 0 Å². The van der Waals surface area contributed by atoms with Crippen molar-refractivity contribution in [1.82, 2.24) is 20.7 Å². The maximum absolute atomic E-state index is 13.4. The van der Waals surface area contributed by atoms with Crippen LogP contribution in [-0.2, 0) is 11.4 Å². The van der Waals surface area contributed by atoms with Crippen molar-refractivity contribution in [2.75, 3.05) is 13.1 Å². The van der Waals surface area contributed by atoms with Gasteiger partial charge in [0.05, 0.1) is 11.2 Å². The van der Waals surface area contributed by atoms with Gasteiger partial charge in [0.2, 0.25) is 5.91 Å². The fourth-order valence-corrected chi connectivity index (χ4v) is 5.73. The molecule has 2 atom stereocenters. The molecule has 38 heavy (non-hydrogen) atoms. The molecular weight excluding hydrogens is 480 g/mol. The number of pyridine rings is 1. The fourth-order valence-electron chi connectivity index (χ4n) is 5.73. The Morgan fingerprint density at radius 3 is 2.63 bits per heavy atom. The van der Waals surface area contributed by atoms with Crippen molar-refractivity contribution in [2.45, 2.75) is 65.1 Å². The molecular formula is C30H38N4O4. The molecule has 8 heteroatoms. The Morgan fingerprint density at radius 2 is 1.92 bits per heavy atom. The standard InChI is InChI=1S/C30H38N4O4/c1-4-15-30(19-22(18-28(35)33-37)14-16-34(30)5-2)32-29(36)23-10-12-25(13-11-23)38-20-24-17-21(3)31-27-9-7-6-8-26(24)27/h6-13,17,22,37H,4-5,14-16,18-20H2,1-3H3,(H,32,36)(H,33,35)/t22-,30-/m0/s1. The highest BCUT2D eigenvalue weighted by atomic mass is 16.5. The van der Waals surface area contributed by atoms with Crippen molar-refractivity contribution in [1.29, 1.82) is 0 Å². The van der Waals surface area contributed by atoms with Gasteiger partial charge < -0.3 is 10.1 Å². The number of ether oxygens (including phenoxy) is 1. The first-order valence-electron chi connectivity index (χ1n) is 13.5. The molecule has 1 saturated heterocycles. The Morgan fingerprint density at radius 1 is 1.16 bits per heavy atom. The summed E-state index contributed by atoms with van der Waals surface area (Å²) in [6.45, 7) is 8.17. The number of hydrogen-bond donors (Lipinski definition) is 3. The predicted molar refractivity (Wildman–Crippen MR) is 147 cm³/mol. The second-order valence-corrected chi connectivity index (χ2v) is 10.2. The van der Waals surface area contributed by atoms with E-state index in [0.29, 0.717) is 24.3 Å². The molecule has 1 aliphatic heterocycles. The summed E-state index contributed by atoms with van der Waals surface area (Å²) >= 11 is 0. The van der Waals surface area contributed by atoms with E-state index >= 15 is 0 Å². The molecule has 2 amide bonds. The van der Waals surface area contributed by atoms with E-state index in [1.165, 1.54) is 0 Å². The molecule has 0 radical (unpaired) electrons. The molecule has 0 spiro atoms. The van der Waals surface area contributed by atoms with Crippen molar-refractivity contribution in [3.63, 3.8) is 0 Å². The van der Waals surface area contributed by atoms with Crippen molar-refractivity contribution in [3.05, 3.63) is 71.4 Å². The summed E-state index contributed by atoms with van der Waals surface area (Å²) in [5.74, 6) is 0.237. The van der Waals surface area contributed by atoms with Crippen LogP contribution in [0, 0.1) is 12.8 Å². The van der Waals surface area contributed by atoms with E-state index in [-0.39, 0.29) is 24.2 Å². The number of carbonyl (C=O) groups excluding carboxylic acids is 2. The Labute approximate surface area is 224 Å². The number of likely N-dealkylation sites (tertiary alicyclic amines) is 1. The highest BCUT2D eigenvalue weighted by molar-refractivity contribution is 5.94. The number of para-hydroxylation sites is 1. The third-order valence-corrected chi connectivity index (χ3v) is 7.47. The molecule has 2 aromatic carbocycles. The first-order valence-corrected chi connectivity index (χ1v) is 13.5. The lowest BCUT2D eigenvalue weighted by Crippen LogP contribution is -2.64. The zero-order chi connectivity index (χ0) is 27.1. The molecule has 1 fully saturated rings. The average molecular weight is 519 g/mol. The quantitative estimate of drug-likeness (QED) is 0.258. The number of aryl methyl sites for hydroxylation is 1. The number of nitrogens with zero attached hydrogens (tertiary/aromatic N) is 2. The van der Waals surface area contributed by atoms with E-state index in [4.69, 9.17) is 9.94 Å². The normalized spacial score (nSPS) is 19.7. The molecule has 0 bridgehead atoms.